The molecule has 2 unspecified atom stereocenters. The molecule has 86 valence electrons. The summed E-state index contributed by atoms with van der Waals surface area (Å²) in [6, 6.07) is 3.69. The monoisotopic (exact) mass is 240 g/mol. The van der Waals surface area contributed by atoms with Crippen molar-refractivity contribution in [2.45, 2.75) is 5.92 Å². The molecular weight excluding hydrogens is 228 g/mol. The minimum Gasteiger partial charge on any atom is -0.469 e. The zero-order chi connectivity index (χ0) is 11.5. The Morgan fingerprint density at radius 1 is 1.62 bits per heavy atom. The van der Waals surface area contributed by atoms with Crippen molar-refractivity contribution in [3.63, 3.8) is 0 Å². The fourth-order valence-electron chi connectivity index (χ4n) is 2.08. The molecule has 16 heavy (non-hydrogen) atoms. The third-order valence-corrected chi connectivity index (χ3v) is 3.10. The van der Waals surface area contributed by atoms with E-state index < -0.39 is 0 Å². The molecule has 0 spiro atoms. The van der Waals surface area contributed by atoms with Crippen LogP contribution in [0.25, 0.3) is 0 Å². The van der Waals surface area contributed by atoms with Gasteiger partial charge in [0.05, 0.1) is 13.0 Å². The molecule has 1 aromatic rings. The number of nitrogens with zero attached hydrogens (tertiary/aromatic N) is 1. The summed E-state index contributed by atoms with van der Waals surface area (Å²) >= 11 is 5.84. The van der Waals surface area contributed by atoms with Crippen LogP contribution in [0.15, 0.2) is 18.3 Å². The van der Waals surface area contributed by atoms with Crippen molar-refractivity contribution < 1.29 is 9.53 Å². The first-order chi connectivity index (χ1) is 7.72. The van der Waals surface area contributed by atoms with Crippen LogP contribution in [0.3, 0.4) is 0 Å². The Labute approximate surface area is 99.0 Å². The van der Waals surface area contributed by atoms with E-state index >= 15 is 0 Å². The number of hydrogen-bond donors (Lipinski definition) is 1. The summed E-state index contributed by atoms with van der Waals surface area (Å²) in [5.74, 6) is -0.195. The highest BCUT2D eigenvalue weighted by Gasteiger charge is 2.34. The summed E-state index contributed by atoms with van der Waals surface area (Å²) in [5, 5.41) is 3.64. The van der Waals surface area contributed by atoms with Gasteiger partial charge in [0.2, 0.25) is 0 Å². The molecule has 2 heterocycles. The first-order valence-electron chi connectivity index (χ1n) is 5.12. The molecule has 0 aromatic carbocycles. The van der Waals surface area contributed by atoms with Crippen LogP contribution in [-0.2, 0) is 9.53 Å². The molecule has 0 aliphatic carbocycles. The number of methoxy groups -OCH3 is 1. The van der Waals surface area contributed by atoms with Crippen molar-refractivity contribution in [1.29, 1.82) is 0 Å². The van der Waals surface area contributed by atoms with Gasteiger partial charge in [-0.05, 0) is 17.7 Å². The number of carbonyl (C=O) groups is 1. The molecule has 0 saturated carbocycles. The van der Waals surface area contributed by atoms with Gasteiger partial charge in [0.15, 0.2) is 0 Å². The Kier molecular flexibility index (Phi) is 3.41. The Hall–Kier alpha value is -1.13. The van der Waals surface area contributed by atoms with Crippen LogP contribution < -0.4 is 5.32 Å². The van der Waals surface area contributed by atoms with Crippen molar-refractivity contribution in [3.05, 3.63) is 29.0 Å². The maximum atomic E-state index is 11.6. The summed E-state index contributed by atoms with van der Waals surface area (Å²) in [5.41, 5.74) is 1.03. The van der Waals surface area contributed by atoms with E-state index in [1.54, 1.807) is 12.3 Å². The lowest BCUT2D eigenvalue weighted by atomic mass is 9.90. The smallest absolute Gasteiger partial charge is 0.310 e. The molecule has 1 N–H and O–H groups in total. The van der Waals surface area contributed by atoms with Crippen LogP contribution in [-0.4, -0.2) is 31.2 Å². The van der Waals surface area contributed by atoms with E-state index in [1.807, 2.05) is 6.07 Å². The quantitative estimate of drug-likeness (QED) is 0.624. The molecule has 1 aliphatic rings. The number of pyridine rings is 1. The van der Waals surface area contributed by atoms with E-state index in [1.165, 1.54) is 7.11 Å². The average molecular weight is 241 g/mol. The molecule has 4 nitrogen and oxygen atoms in total. The predicted octanol–water partition coefficient (Wildman–Crippen LogP) is 1.21. The fourth-order valence-corrected chi connectivity index (χ4v) is 2.26. The number of carbonyl (C=O) groups excluding carboxylic acids is 1. The molecule has 1 fully saturated rings. The van der Waals surface area contributed by atoms with Crippen LogP contribution >= 0.6 is 11.6 Å². The lowest BCUT2D eigenvalue weighted by Crippen LogP contribution is -2.22. The summed E-state index contributed by atoms with van der Waals surface area (Å²) in [7, 11) is 1.41. The summed E-state index contributed by atoms with van der Waals surface area (Å²) in [6.07, 6.45) is 1.66. The minimum atomic E-state index is -0.178. The third kappa shape index (κ3) is 2.18. The summed E-state index contributed by atoms with van der Waals surface area (Å²) in [4.78, 5) is 15.5. The van der Waals surface area contributed by atoms with E-state index in [4.69, 9.17) is 16.3 Å². The zero-order valence-corrected chi connectivity index (χ0v) is 9.70. The van der Waals surface area contributed by atoms with Crippen molar-refractivity contribution in [3.8, 4) is 0 Å². The second kappa shape index (κ2) is 4.80. The van der Waals surface area contributed by atoms with Gasteiger partial charge in [-0.1, -0.05) is 11.6 Å². The van der Waals surface area contributed by atoms with Gasteiger partial charge in [0.1, 0.15) is 5.15 Å². The molecule has 1 aliphatic heterocycles. The van der Waals surface area contributed by atoms with Crippen molar-refractivity contribution in [2.75, 3.05) is 20.2 Å². The van der Waals surface area contributed by atoms with E-state index in [0.29, 0.717) is 11.7 Å². The van der Waals surface area contributed by atoms with Crippen molar-refractivity contribution >= 4 is 17.6 Å². The van der Waals surface area contributed by atoms with Crippen LogP contribution in [0, 0.1) is 5.92 Å². The van der Waals surface area contributed by atoms with Gasteiger partial charge in [-0.3, -0.25) is 4.79 Å². The van der Waals surface area contributed by atoms with Crippen LogP contribution in [0.5, 0.6) is 0 Å². The van der Waals surface area contributed by atoms with Gasteiger partial charge in [-0.25, -0.2) is 4.98 Å². The summed E-state index contributed by atoms with van der Waals surface area (Å²) in [6.45, 7) is 1.41. The van der Waals surface area contributed by atoms with Crippen LogP contribution in [0.2, 0.25) is 5.15 Å². The highest BCUT2D eigenvalue weighted by molar-refractivity contribution is 6.29. The second-order valence-corrected chi connectivity index (χ2v) is 4.19. The second-order valence-electron chi connectivity index (χ2n) is 3.81. The van der Waals surface area contributed by atoms with Crippen LogP contribution in [0.1, 0.15) is 11.5 Å². The Balaban J connectivity index is 2.23. The van der Waals surface area contributed by atoms with Gasteiger partial charge in [-0.15, -0.1) is 0 Å². The maximum Gasteiger partial charge on any atom is 0.310 e. The minimum absolute atomic E-state index is 0.118. The van der Waals surface area contributed by atoms with Gasteiger partial charge < -0.3 is 10.1 Å². The first-order valence-corrected chi connectivity index (χ1v) is 5.50. The molecule has 1 saturated heterocycles. The zero-order valence-electron chi connectivity index (χ0n) is 8.94. The molecule has 1 aromatic heterocycles. The molecule has 5 heteroatoms. The number of ether oxygens (including phenoxy) is 1. The highest BCUT2D eigenvalue weighted by atomic mass is 35.5. The molecule has 0 bridgehead atoms. The number of hydrogen-bond acceptors (Lipinski definition) is 4. The molecule has 0 radical (unpaired) electrons. The fraction of sp³-hybridized carbons (Fsp3) is 0.455. The lowest BCUT2D eigenvalue weighted by molar-refractivity contribution is -0.145. The molecular formula is C11H13ClN2O2. The van der Waals surface area contributed by atoms with Crippen LogP contribution in [0.4, 0.5) is 0 Å². The molecule has 2 atom stereocenters. The number of aromatic nitrogens is 1. The number of esters is 1. The lowest BCUT2D eigenvalue weighted by Gasteiger charge is -2.16. The van der Waals surface area contributed by atoms with Gasteiger partial charge in [0.25, 0.3) is 0 Å². The number of nitrogens with one attached hydrogen (secondary N) is 1. The largest absolute Gasteiger partial charge is 0.469 e. The third-order valence-electron chi connectivity index (χ3n) is 2.90. The standard InChI is InChI=1S/C11H13ClN2O2/c1-16-11(15)9-6-13-5-8(9)7-2-3-14-10(12)4-7/h2-4,8-9,13H,5-6H2,1H3. The van der Waals surface area contributed by atoms with E-state index in [-0.39, 0.29) is 17.8 Å². The predicted molar refractivity (Wildman–Crippen MR) is 60.4 cm³/mol. The number of rotatable bonds is 2. The molecule has 0 amide bonds. The van der Waals surface area contributed by atoms with E-state index in [2.05, 4.69) is 10.3 Å². The topological polar surface area (TPSA) is 51.2 Å². The maximum absolute atomic E-state index is 11.6. The number of halogens is 1. The summed E-state index contributed by atoms with van der Waals surface area (Å²) < 4.78 is 4.79. The van der Waals surface area contributed by atoms with E-state index in [9.17, 15) is 4.79 Å². The van der Waals surface area contributed by atoms with Gasteiger partial charge >= 0.3 is 5.97 Å². The Bertz CT molecular complexity index is 397. The average Bonchev–Trinajstić information content (AvgIpc) is 2.77. The Morgan fingerprint density at radius 2 is 2.44 bits per heavy atom. The van der Waals surface area contributed by atoms with Crippen molar-refractivity contribution in [1.82, 2.24) is 10.3 Å². The van der Waals surface area contributed by atoms with Gasteiger partial charge in [-0.2, -0.15) is 0 Å². The van der Waals surface area contributed by atoms with E-state index in [0.717, 1.165) is 12.1 Å². The Morgan fingerprint density at radius 3 is 3.12 bits per heavy atom. The van der Waals surface area contributed by atoms with Crippen molar-refractivity contribution in [2.24, 2.45) is 5.92 Å². The first kappa shape index (κ1) is 11.4. The van der Waals surface area contributed by atoms with Gasteiger partial charge in [0, 0.05) is 25.2 Å². The SMILES string of the molecule is COC(=O)C1CNCC1c1ccnc(Cl)c1. The normalized spacial score (nSPS) is 24.4. The highest BCUT2D eigenvalue weighted by Crippen LogP contribution is 2.29. The molecule has 2 rings (SSSR count).